The largest absolute Gasteiger partial charge is 0.378 e. The highest BCUT2D eigenvalue weighted by Gasteiger charge is 2.21. The van der Waals surface area contributed by atoms with Gasteiger partial charge in [-0.1, -0.05) is 12.1 Å². The molecule has 0 radical (unpaired) electrons. The van der Waals surface area contributed by atoms with Crippen LogP contribution in [0.2, 0.25) is 0 Å². The van der Waals surface area contributed by atoms with Crippen molar-refractivity contribution < 1.29 is 14.3 Å². The second-order valence-corrected chi connectivity index (χ2v) is 8.46. The molecule has 1 fully saturated rings. The van der Waals surface area contributed by atoms with Crippen LogP contribution in [0.3, 0.4) is 0 Å². The van der Waals surface area contributed by atoms with Crippen molar-refractivity contribution in [3.8, 4) is 17.5 Å². The van der Waals surface area contributed by atoms with Gasteiger partial charge in [-0.05, 0) is 36.4 Å². The van der Waals surface area contributed by atoms with Crippen molar-refractivity contribution in [2.75, 3.05) is 57.7 Å². The second-order valence-electron chi connectivity index (χ2n) is 8.46. The first kappa shape index (κ1) is 24.6. The predicted octanol–water partition coefficient (Wildman–Crippen LogP) is 2.98. The first-order valence-corrected chi connectivity index (χ1v) is 11.4. The Morgan fingerprint density at radius 3 is 2.42 bits per heavy atom. The number of carbonyl (C=O) groups is 2. The Labute approximate surface area is 209 Å². The maximum Gasteiger partial charge on any atom is 0.266 e. The van der Waals surface area contributed by atoms with Crippen LogP contribution in [0.4, 0.5) is 17.3 Å². The predicted molar refractivity (Wildman–Crippen MR) is 136 cm³/mol. The van der Waals surface area contributed by atoms with Crippen LogP contribution in [-0.2, 0) is 4.74 Å². The highest BCUT2D eigenvalue weighted by Crippen LogP contribution is 2.28. The first-order valence-electron chi connectivity index (χ1n) is 11.4. The third-order valence-corrected chi connectivity index (χ3v) is 5.78. The Bertz CT molecular complexity index is 1300. The number of aromatic nitrogens is 2. The van der Waals surface area contributed by atoms with E-state index < -0.39 is 0 Å². The minimum absolute atomic E-state index is 0.0912. The third-order valence-electron chi connectivity index (χ3n) is 5.78. The Morgan fingerprint density at radius 1 is 1.03 bits per heavy atom. The fraction of sp³-hybridized carbons (Fsp3) is 0.269. The number of rotatable bonds is 6. The van der Waals surface area contributed by atoms with Gasteiger partial charge in [-0.25, -0.2) is 14.9 Å². The number of hydrogen-bond acceptors (Lipinski definition) is 8. The Hall–Kier alpha value is -4.49. The fourth-order valence-corrected chi connectivity index (χ4v) is 3.84. The molecule has 1 aliphatic rings. The lowest BCUT2D eigenvalue weighted by Crippen LogP contribution is -2.37. The molecule has 4 rings (SSSR count). The summed E-state index contributed by atoms with van der Waals surface area (Å²) in [6.45, 7) is 2.70. The molecule has 2 aromatic carbocycles. The number of benzene rings is 2. The Balaban J connectivity index is 1.57. The number of morpholine rings is 1. The zero-order chi connectivity index (χ0) is 25.7. The third kappa shape index (κ3) is 5.42. The molecule has 2 heterocycles. The quantitative estimate of drug-likeness (QED) is 0.419. The summed E-state index contributed by atoms with van der Waals surface area (Å²) in [5.74, 6) is -0.0940. The zero-order valence-corrected chi connectivity index (χ0v) is 20.4. The van der Waals surface area contributed by atoms with Gasteiger partial charge >= 0.3 is 0 Å². The van der Waals surface area contributed by atoms with E-state index in [0.29, 0.717) is 41.7 Å². The average molecular weight is 486 g/mol. The molecular weight excluding hydrogens is 458 g/mol. The molecule has 0 atom stereocenters. The highest BCUT2D eigenvalue weighted by molar-refractivity contribution is 6.00. The summed E-state index contributed by atoms with van der Waals surface area (Å²) in [6.07, 6.45) is 3.44. The molecule has 0 bridgehead atoms. The monoisotopic (exact) mass is 485 g/mol. The van der Waals surface area contributed by atoms with E-state index in [4.69, 9.17) is 10.00 Å². The van der Waals surface area contributed by atoms with E-state index in [1.807, 2.05) is 18.2 Å². The maximum atomic E-state index is 13.0. The number of ether oxygens (including phenoxy) is 1. The summed E-state index contributed by atoms with van der Waals surface area (Å²) in [6, 6.07) is 14.3. The van der Waals surface area contributed by atoms with E-state index in [0.717, 1.165) is 29.2 Å². The standard InChI is InChI=1S/C26H27N7O3/c1-31(2)25(35)21-16-20(8-9-23(21)33-12-14-36-15-13-33)29-26-28-11-10-22(30-26)18-4-6-19(7-5-18)24(34)32(3)17-27/h4-11,16H,12-15H2,1-3H3,(H,28,29,30). The highest BCUT2D eigenvalue weighted by atomic mass is 16.5. The number of carbonyl (C=O) groups excluding carboxylic acids is 2. The summed E-state index contributed by atoms with van der Waals surface area (Å²) in [5.41, 5.74) is 4.01. The normalized spacial score (nSPS) is 13.0. The zero-order valence-electron chi connectivity index (χ0n) is 20.4. The van der Waals surface area contributed by atoms with Crippen molar-refractivity contribution in [1.29, 1.82) is 5.26 Å². The molecule has 1 aliphatic heterocycles. The second kappa shape index (κ2) is 10.8. The van der Waals surface area contributed by atoms with Gasteiger partial charge in [0.05, 0.1) is 24.5 Å². The van der Waals surface area contributed by atoms with Crippen molar-refractivity contribution in [2.45, 2.75) is 0 Å². The number of anilines is 3. The van der Waals surface area contributed by atoms with Crippen LogP contribution in [0.25, 0.3) is 11.3 Å². The summed E-state index contributed by atoms with van der Waals surface area (Å²) in [7, 11) is 4.88. The van der Waals surface area contributed by atoms with Gasteiger partial charge in [0.2, 0.25) is 5.95 Å². The molecule has 10 nitrogen and oxygen atoms in total. The first-order chi connectivity index (χ1) is 17.4. The van der Waals surface area contributed by atoms with Gasteiger partial charge in [-0.3, -0.25) is 9.59 Å². The maximum absolute atomic E-state index is 13.0. The molecule has 0 unspecified atom stereocenters. The van der Waals surface area contributed by atoms with Crippen LogP contribution >= 0.6 is 0 Å². The van der Waals surface area contributed by atoms with Crippen LogP contribution in [0.5, 0.6) is 0 Å². The number of nitrogens with zero attached hydrogens (tertiary/aromatic N) is 6. The molecule has 0 spiro atoms. The minimum Gasteiger partial charge on any atom is -0.378 e. The molecular formula is C26H27N7O3. The van der Waals surface area contributed by atoms with Crippen LogP contribution in [0.15, 0.2) is 54.7 Å². The molecule has 0 saturated carbocycles. The number of nitrogens with one attached hydrogen (secondary N) is 1. The SMILES string of the molecule is CN(C)C(=O)c1cc(Nc2nccc(-c3ccc(C(=O)N(C)C#N)cc3)n2)ccc1N1CCOCC1. The molecule has 36 heavy (non-hydrogen) atoms. The van der Waals surface area contributed by atoms with Gasteiger partial charge in [0.1, 0.15) is 0 Å². The molecule has 3 aromatic rings. The van der Waals surface area contributed by atoms with E-state index >= 15 is 0 Å². The fourth-order valence-electron chi connectivity index (χ4n) is 3.84. The summed E-state index contributed by atoms with van der Waals surface area (Å²) < 4.78 is 5.46. The van der Waals surface area contributed by atoms with Gasteiger partial charge in [0.15, 0.2) is 6.19 Å². The molecule has 1 saturated heterocycles. The summed E-state index contributed by atoms with van der Waals surface area (Å²) in [5, 5.41) is 12.1. The van der Waals surface area contributed by atoms with Gasteiger partial charge < -0.3 is 19.9 Å². The molecule has 10 heteroatoms. The van der Waals surface area contributed by atoms with Crippen LogP contribution in [-0.4, -0.2) is 79.0 Å². The van der Waals surface area contributed by atoms with E-state index in [2.05, 4.69) is 20.2 Å². The van der Waals surface area contributed by atoms with E-state index in [9.17, 15) is 9.59 Å². The number of amides is 2. The topological polar surface area (TPSA) is 115 Å². The number of nitriles is 1. The molecule has 2 amide bonds. The van der Waals surface area contributed by atoms with Crippen molar-refractivity contribution in [2.24, 2.45) is 0 Å². The van der Waals surface area contributed by atoms with Crippen molar-refractivity contribution >= 4 is 29.1 Å². The van der Waals surface area contributed by atoms with Crippen LogP contribution in [0, 0.1) is 11.5 Å². The Kier molecular flexibility index (Phi) is 7.42. The molecule has 1 N–H and O–H groups in total. The molecule has 0 aliphatic carbocycles. The van der Waals surface area contributed by atoms with Gasteiger partial charge in [-0.2, -0.15) is 5.26 Å². The van der Waals surface area contributed by atoms with E-state index in [-0.39, 0.29) is 11.8 Å². The van der Waals surface area contributed by atoms with Gasteiger partial charge in [-0.15, -0.1) is 0 Å². The lowest BCUT2D eigenvalue weighted by atomic mass is 10.1. The van der Waals surface area contributed by atoms with Gasteiger partial charge in [0.25, 0.3) is 11.8 Å². The van der Waals surface area contributed by atoms with Crippen molar-refractivity contribution in [1.82, 2.24) is 19.8 Å². The lowest BCUT2D eigenvalue weighted by Gasteiger charge is -2.31. The molecule has 184 valence electrons. The van der Waals surface area contributed by atoms with Gasteiger partial charge in [0, 0.05) is 62.9 Å². The molecule has 1 aromatic heterocycles. The smallest absolute Gasteiger partial charge is 0.266 e. The van der Waals surface area contributed by atoms with E-state index in [1.54, 1.807) is 61.7 Å². The van der Waals surface area contributed by atoms with Crippen molar-refractivity contribution in [3.05, 3.63) is 65.9 Å². The summed E-state index contributed by atoms with van der Waals surface area (Å²) >= 11 is 0. The van der Waals surface area contributed by atoms with E-state index in [1.165, 1.54) is 7.05 Å². The number of hydrogen-bond donors (Lipinski definition) is 1. The lowest BCUT2D eigenvalue weighted by molar-refractivity contribution is 0.0825. The average Bonchev–Trinajstić information content (AvgIpc) is 2.92. The summed E-state index contributed by atoms with van der Waals surface area (Å²) in [4.78, 5) is 38.7. The van der Waals surface area contributed by atoms with Crippen molar-refractivity contribution in [3.63, 3.8) is 0 Å². The van der Waals surface area contributed by atoms with Crippen LogP contribution in [0.1, 0.15) is 20.7 Å². The van der Waals surface area contributed by atoms with Crippen LogP contribution < -0.4 is 10.2 Å². The minimum atomic E-state index is -0.377. The Morgan fingerprint density at radius 2 is 1.75 bits per heavy atom.